The molecule has 2 rings (SSSR count). The van der Waals surface area contributed by atoms with Crippen molar-refractivity contribution in [2.24, 2.45) is 0 Å². The molecular formula is C8H12N4O2. The van der Waals surface area contributed by atoms with E-state index >= 15 is 0 Å². The molecule has 0 radical (unpaired) electrons. The maximum atomic E-state index is 11.4. The Morgan fingerprint density at radius 3 is 1.79 bits per heavy atom. The third kappa shape index (κ3) is 0.966. The molecule has 0 aliphatic rings. The first-order valence-corrected chi connectivity index (χ1v) is 4.60. The van der Waals surface area contributed by atoms with Crippen LogP contribution < -0.4 is 11.4 Å². The van der Waals surface area contributed by atoms with Crippen molar-refractivity contribution in [1.82, 2.24) is 19.1 Å². The number of imidazole rings is 2. The highest BCUT2D eigenvalue weighted by Crippen LogP contribution is 2.04. The smallest absolute Gasteiger partial charge is 0.290 e. The van der Waals surface area contributed by atoms with Gasteiger partial charge in [-0.1, -0.05) is 0 Å². The summed E-state index contributed by atoms with van der Waals surface area (Å²) in [5.41, 5.74) is 0.778. The van der Waals surface area contributed by atoms with Crippen LogP contribution in [0.4, 0.5) is 0 Å². The molecule has 0 aliphatic carbocycles. The van der Waals surface area contributed by atoms with Gasteiger partial charge in [-0.15, -0.1) is 0 Å². The molecule has 76 valence electrons. The second kappa shape index (κ2) is 2.90. The van der Waals surface area contributed by atoms with Crippen molar-refractivity contribution in [2.75, 3.05) is 0 Å². The number of hydrogen-bond acceptors (Lipinski definition) is 2. The van der Waals surface area contributed by atoms with E-state index < -0.39 is 0 Å². The maximum absolute atomic E-state index is 11.4. The van der Waals surface area contributed by atoms with Crippen LogP contribution in [-0.2, 0) is 13.1 Å². The van der Waals surface area contributed by atoms with E-state index in [9.17, 15) is 9.59 Å². The second-order valence-corrected chi connectivity index (χ2v) is 3.05. The lowest BCUT2D eigenvalue weighted by molar-refractivity contribution is 0.679. The lowest BCUT2D eigenvalue weighted by Crippen LogP contribution is -2.22. The second-order valence-electron chi connectivity index (χ2n) is 3.05. The molecule has 0 aliphatic heterocycles. The summed E-state index contributed by atoms with van der Waals surface area (Å²) < 4.78 is 3.08. The van der Waals surface area contributed by atoms with Crippen LogP contribution >= 0.6 is 0 Å². The zero-order chi connectivity index (χ0) is 10.3. The van der Waals surface area contributed by atoms with Gasteiger partial charge in [0.15, 0.2) is 11.3 Å². The molecule has 2 N–H and O–H groups in total. The fourth-order valence-electron chi connectivity index (χ4n) is 1.69. The number of nitrogens with one attached hydrogen (secondary N) is 2. The number of aromatic amines is 2. The highest BCUT2D eigenvalue weighted by molar-refractivity contribution is 5.66. The van der Waals surface area contributed by atoms with E-state index in [1.165, 1.54) is 9.13 Å². The van der Waals surface area contributed by atoms with Gasteiger partial charge in [0.25, 0.3) is 0 Å². The Hall–Kier alpha value is -1.72. The monoisotopic (exact) mass is 196 g/mol. The van der Waals surface area contributed by atoms with E-state index in [4.69, 9.17) is 0 Å². The van der Waals surface area contributed by atoms with Gasteiger partial charge < -0.3 is 0 Å². The van der Waals surface area contributed by atoms with Gasteiger partial charge in [-0.05, 0) is 13.8 Å². The first-order chi connectivity index (χ1) is 6.69. The standard InChI is InChI=1S/C8H12N4O2/c1-3-11-6-5(9-7(11)13)10-8(14)12(6)4-2/h3-4H2,1-2H3,(H,9,13)(H,10,14). The van der Waals surface area contributed by atoms with Crippen LogP contribution in [0, 0.1) is 0 Å². The average molecular weight is 196 g/mol. The maximum Gasteiger partial charge on any atom is 0.328 e. The summed E-state index contributed by atoms with van der Waals surface area (Å²) in [5, 5.41) is 0. The molecule has 2 aromatic heterocycles. The molecule has 2 heterocycles. The molecule has 0 saturated carbocycles. The first-order valence-electron chi connectivity index (χ1n) is 4.60. The van der Waals surface area contributed by atoms with Gasteiger partial charge in [-0.3, -0.25) is 19.1 Å². The van der Waals surface area contributed by atoms with Crippen molar-refractivity contribution < 1.29 is 0 Å². The first kappa shape index (κ1) is 8.86. The van der Waals surface area contributed by atoms with Gasteiger partial charge in [0.1, 0.15) is 0 Å². The van der Waals surface area contributed by atoms with Crippen LogP contribution in [0.15, 0.2) is 9.59 Å². The van der Waals surface area contributed by atoms with Crippen LogP contribution in [0.2, 0.25) is 0 Å². The summed E-state index contributed by atoms with van der Waals surface area (Å²) in [6.07, 6.45) is 0. The van der Waals surface area contributed by atoms with E-state index in [2.05, 4.69) is 9.97 Å². The Morgan fingerprint density at radius 2 is 1.43 bits per heavy atom. The Morgan fingerprint density at radius 1 is 1.00 bits per heavy atom. The Bertz CT molecular complexity index is 521. The van der Waals surface area contributed by atoms with E-state index in [0.29, 0.717) is 24.4 Å². The fourth-order valence-corrected chi connectivity index (χ4v) is 1.69. The fraction of sp³-hybridized carbons (Fsp3) is 0.500. The zero-order valence-corrected chi connectivity index (χ0v) is 8.13. The van der Waals surface area contributed by atoms with Crippen LogP contribution in [-0.4, -0.2) is 19.1 Å². The van der Waals surface area contributed by atoms with Gasteiger partial charge in [0, 0.05) is 13.1 Å². The number of hydrogen-bond donors (Lipinski definition) is 2. The molecule has 6 heteroatoms. The van der Waals surface area contributed by atoms with Crippen molar-refractivity contribution >= 4 is 11.3 Å². The Labute approximate surface area is 79.2 Å². The quantitative estimate of drug-likeness (QED) is 0.701. The third-order valence-electron chi connectivity index (χ3n) is 2.32. The van der Waals surface area contributed by atoms with Crippen LogP contribution in [0.25, 0.3) is 11.3 Å². The number of rotatable bonds is 2. The van der Waals surface area contributed by atoms with Crippen molar-refractivity contribution in [1.29, 1.82) is 0 Å². The summed E-state index contributed by atoms with van der Waals surface area (Å²) >= 11 is 0. The largest absolute Gasteiger partial charge is 0.328 e. The third-order valence-corrected chi connectivity index (χ3v) is 2.32. The minimum atomic E-state index is -0.184. The highest BCUT2D eigenvalue weighted by Gasteiger charge is 2.12. The number of aryl methyl sites for hydroxylation is 2. The number of nitrogens with zero attached hydrogens (tertiary/aromatic N) is 2. The molecule has 0 bridgehead atoms. The van der Waals surface area contributed by atoms with E-state index in [-0.39, 0.29) is 11.4 Å². The van der Waals surface area contributed by atoms with Crippen molar-refractivity contribution in [3.63, 3.8) is 0 Å². The van der Waals surface area contributed by atoms with Gasteiger partial charge in [0.2, 0.25) is 0 Å². The normalized spacial score (nSPS) is 11.3. The minimum absolute atomic E-state index is 0.184. The zero-order valence-electron chi connectivity index (χ0n) is 8.13. The van der Waals surface area contributed by atoms with E-state index in [0.717, 1.165) is 0 Å². The summed E-state index contributed by atoms with van der Waals surface area (Å²) in [6.45, 7) is 4.84. The van der Waals surface area contributed by atoms with Crippen molar-refractivity contribution in [3.8, 4) is 0 Å². The van der Waals surface area contributed by atoms with Gasteiger partial charge in [-0.2, -0.15) is 0 Å². The molecule has 0 fully saturated rings. The summed E-state index contributed by atoms with van der Waals surface area (Å²) in [4.78, 5) is 28.0. The van der Waals surface area contributed by atoms with Crippen molar-refractivity contribution in [2.45, 2.75) is 26.9 Å². The predicted molar refractivity (Wildman–Crippen MR) is 52.5 cm³/mol. The predicted octanol–water partition coefficient (Wildman–Crippen LogP) is -0.141. The summed E-state index contributed by atoms with van der Waals surface area (Å²) in [7, 11) is 0. The Kier molecular flexibility index (Phi) is 1.83. The molecule has 0 unspecified atom stereocenters. The van der Waals surface area contributed by atoms with E-state index in [1.54, 1.807) is 0 Å². The molecule has 2 aromatic rings. The van der Waals surface area contributed by atoms with Gasteiger partial charge in [-0.25, -0.2) is 9.59 Å². The SMILES string of the molecule is CCn1c(=O)[nH]c2[nH]c(=O)n(CC)c21. The number of fused-ring (bicyclic) bond motifs is 1. The average Bonchev–Trinajstić information content (AvgIpc) is 2.58. The summed E-state index contributed by atoms with van der Waals surface area (Å²) in [5.74, 6) is 0. The summed E-state index contributed by atoms with van der Waals surface area (Å²) in [6, 6.07) is 0. The Balaban J connectivity index is 2.96. The lowest BCUT2D eigenvalue weighted by Gasteiger charge is -1.99. The minimum Gasteiger partial charge on any atom is -0.290 e. The molecule has 0 aromatic carbocycles. The van der Waals surface area contributed by atoms with Crippen LogP contribution in [0.5, 0.6) is 0 Å². The molecule has 14 heavy (non-hydrogen) atoms. The lowest BCUT2D eigenvalue weighted by atomic mass is 10.6. The number of H-pyrrole nitrogens is 2. The van der Waals surface area contributed by atoms with Gasteiger partial charge >= 0.3 is 11.4 Å². The topological polar surface area (TPSA) is 75.6 Å². The molecule has 0 amide bonds. The van der Waals surface area contributed by atoms with E-state index in [1.807, 2.05) is 13.8 Å². The van der Waals surface area contributed by atoms with Crippen LogP contribution in [0.3, 0.4) is 0 Å². The molecule has 0 atom stereocenters. The number of aromatic nitrogens is 4. The molecule has 0 spiro atoms. The highest BCUT2D eigenvalue weighted by atomic mass is 16.2. The van der Waals surface area contributed by atoms with Crippen LogP contribution in [0.1, 0.15) is 13.8 Å². The van der Waals surface area contributed by atoms with Gasteiger partial charge in [0.05, 0.1) is 0 Å². The van der Waals surface area contributed by atoms with Crippen molar-refractivity contribution in [3.05, 3.63) is 21.0 Å². The molecule has 0 saturated heterocycles. The molecule has 6 nitrogen and oxygen atoms in total. The molecular weight excluding hydrogens is 184 g/mol.